The van der Waals surface area contributed by atoms with E-state index in [0.29, 0.717) is 0 Å². The minimum Gasteiger partial charge on any atom is -0.244 e. The van der Waals surface area contributed by atoms with Crippen LogP contribution >= 0.6 is 11.3 Å². The Labute approximate surface area is 117 Å². The van der Waals surface area contributed by atoms with Gasteiger partial charge in [0.2, 0.25) is 5.69 Å². The largest absolute Gasteiger partial charge is 0.244 e. The molecule has 2 heterocycles. The summed E-state index contributed by atoms with van der Waals surface area (Å²) in [5.41, 5.74) is 9.58. The Bertz CT molecular complexity index is 772. The highest BCUT2D eigenvalue weighted by Crippen LogP contribution is 2.31. The van der Waals surface area contributed by atoms with Crippen LogP contribution in [0.25, 0.3) is 21.5 Å². The Balaban J connectivity index is 2.42. The van der Waals surface area contributed by atoms with E-state index in [-0.39, 0.29) is 0 Å². The van der Waals surface area contributed by atoms with E-state index < -0.39 is 0 Å². The van der Waals surface area contributed by atoms with Crippen molar-refractivity contribution in [3.05, 3.63) is 46.6 Å². The molecule has 0 N–H and O–H groups in total. The van der Waals surface area contributed by atoms with Crippen LogP contribution < -0.4 is 4.57 Å². The number of aryl methyl sites for hydroxylation is 3. The number of hydrogen-bond acceptors (Lipinski definition) is 2. The molecular weight excluding hydrogens is 252 g/mol. The van der Waals surface area contributed by atoms with E-state index in [1.54, 1.807) is 11.3 Å². The number of benzene rings is 1. The third kappa shape index (κ3) is 1.94. The van der Waals surface area contributed by atoms with E-state index in [2.05, 4.69) is 61.8 Å². The summed E-state index contributed by atoms with van der Waals surface area (Å²) in [6.45, 7) is 6.53. The van der Waals surface area contributed by atoms with Crippen molar-refractivity contribution in [1.82, 2.24) is 4.98 Å². The molecule has 0 fully saturated rings. The first-order chi connectivity index (χ1) is 9.08. The Kier molecular flexibility index (Phi) is 2.86. The number of thiazole rings is 1. The molecular formula is C16H17N2S+. The maximum atomic E-state index is 4.43. The van der Waals surface area contributed by atoms with Crippen LogP contribution in [0.1, 0.15) is 16.7 Å². The molecule has 0 spiro atoms. The van der Waals surface area contributed by atoms with Gasteiger partial charge >= 0.3 is 0 Å². The molecule has 0 bridgehead atoms. The van der Waals surface area contributed by atoms with Gasteiger partial charge in [0, 0.05) is 6.07 Å². The first-order valence-corrected chi connectivity index (χ1v) is 7.26. The van der Waals surface area contributed by atoms with Gasteiger partial charge in [0.1, 0.15) is 11.7 Å². The summed E-state index contributed by atoms with van der Waals surface area (Å²) in [6, 6.07) is 6.59. The van der Waals surface area contributed by atoms with Crippen molar-refractivity contribution in [3.63, 3.8) is 0 Å². The average Bonchev–Trinajstić information content (AvgIpc) is 2.82. The van der Waals surface area contributed by atoms with E-state index >= 15 is 0 Å². The fourth-order valence-corrected chi connectivity index (χ4v) is 3.44. The highest BCUT2D eigenvalue weighted by Gasteiger charge is 2.19. The van der Waals surface area contributed by atoms with Crippen LogP contribution in [0.4, 0.5) is 0 Å². The molecule has 19 heavy (non-hydrogen) atoms. The van der Waals surface area contributed by atoms with Gasteiger partial charge in [-0.25, -0.2) is 4.98 Å². The Morgan fingerprint density at radius 1 is 1.16 bits per heavy atom. The highest BCUT2D eigenvalue weighted by atomic mass is 32.1. The topological polar surface area (TPSA) is 16.8 Å². The molecule has 3 heteroatoms. The average molecular weight is 269 g/mol. The summed E-state index contributed by atoms with van der Waals surface area (Å²) in [5, 5.41) is 0. The molecule has 0 saturated carbocycles. The normalized spacial score (nSPS) is 11.2. The van der Waals surface area contributed by atoms with E-state index in [4.69, 9.17) is 0 Å². The lowest BCUT2D eigenvalue weighted by Gasteiger charge is -2.09. The highest BCUT2D eigenvalue weighted by molar-refractivity contribution is 7.17. The molecule has 0 aliphatic heterocycles. The summed E-state index contributed by atoms with van der Waals surface area (Å²) in [7, 11) is 2.10. The van der Waals surface area contributed by atoms with Gasteiger partial charge in [0.15, 0.2) is 6.20 Å². The third-order valence-corrected chi connectivity index (χ3v) is 4.53. The predicted octanol–water partition coefficient (Wildman–Crippen LogP) is 3.71. The van der Waals surface area contributed by atoms with Gasteiger partial charge in [-0.3, -0.25) is 0 Å². The zero-order valence-electron chi connectivity index (χ0n) is 11.7. The quantitative estimate of drug-likeness (QED) is 0.615. The second-order valence-corrected chi connectivity index (χ2v) is 5.95. The van der Waals surface area contributed by atoms with Gasteiger partial charge in [0.25, 0.3) is 0 Å². The third-order valence-electron chi connectivity index (χ3n) is 3.69. The Hall–Kier alpha value is -1.74. The standard InChI is InChI=1S/C16H17N2S/c1-10-7-11(2)12(3)13(8-10)15-16-14(17-9-19-16)5-6-18(15)4/h5-9H,1-4H3/q+1. The van der Waals surface area contributed by atoms with Gasteiger partial charge < -0.3 is 0 Å². The van der Waals surface area contributed by atoms with Crippen molar-refractivity contribution in [2.45, 2.75) is 20.8 Å². The smallest absolute Gasteiger partial charge is 0.232 e. The molecule has 0 radical (unpaired) electrons. The molecule has 2 aromatic heterocycles. The molecule has 0 saturated heterocycles. The van der Waals surface area contributed by atoms with Crippen LogP contribution in [0, 0.1) is 20.8 Å². The summed E-state index contributed by atoms with van der Waals surface area (Å²) in [5.74, 6) is 0. The molecule has 0 aliphatic carbocycles. The lowest BCUT2D eigenvalue weighted by molar-refractivity contribution is -0.659. The van der Waals surface area contributed by atoms with E-state index in [9.17, 15) is 0 Å². The molecule has 96 valence electrons. The number of hydrogen-bond donors (Lipinski definition) is 0. The molecule has 0 aliphatic rings. The van der Waals surface area contributed by atoms with Crippen LogP contribution in [0.5, 0.6) is 0 Å². The molecule has 0 atom stereocenters. The van der Waals surface area contributed by atoms with Gasteiger partial charge in [0.05, 0.1) is 16.6 Å². The number of pyridine rings is 1. The van der Waals surface area contributed by atoms with Gasteiger partial charge in [-0.1, -0.05) is 11.6 Å². The molecule has 0 unspecified atom stereocenters. The van der Waals surface area contributed by atoms with Crippen molar-refractivity contribution in [1.29, 1.82) is 0 Å². The maximum Gasteiger partial charge on any atom is 0.232 e. The van der Waals surface area contributed by atoms with E-state index in [1.165, 1.54) is 32.6 Å². The number of nitrogens with zero attached hydrogens (tertiary/aromatic N) is 2. The van der Waals surface area contributed by atoms with Crippen LogP contribution in [-0.4, -0.2) is 4.98 Å². The Morgan fingerprint density at radius 2 is 1.95 bits per heavy atom. The second kappa shape index (κ2) is 4.42. The zero-order valence-corrected chi connectivity index (χ0v) is 12.5. The maximum absolute atomic E-state index is 4.43. The number of fused-ring (bicyclic) bond motifs is 1. The van der Waals surface area contributed by atoms with Crippen molar-refractivity contribution in [3.8, 4) is 11.3 Å². The minimum absolute atomic E-state index is 1.08. The molecule has 1 aromatic carbocycles. The van der Waals surface area contributed by atoms with Crippen LogP contribution in [0.2, 0.25) is 0 Å². The lowest BCUT2D eigenvalue weighted by atomic mass is 9.97. The zero-order chi connectivity index (χ0) is 13.6. The summed E-state index contributed by atoms with van der Waals surface area (Å²) in [4.78, 5) is 4.43. The monoisotopic (exact) mass is 269 g/mol. The second-order valence-electron chi connectivity index (χ2n) is 5.10. The van der Waals surface area contributed by atoms with E-state index in [1.807, 2.05) is 5.51 Å². The van der Waals surface area contributed by atoms with Gasteiger partial charge in [-0.15, -0.1) is 11.3 Å². The fourth-order valence-electron chi connectivity index (χ4n) is 2.57. The molecule has 3 rings (SSSR count). The number of rotatable bonds is 1. The Morgan fingerprint density at radius 3 is 2.74 bits per heavy atom. The van der Waals surface area contributed by atoms with E-state index in [0.717, 1.165) is 5.52 Å². The van der Waals surface area contributed by atoms with Gasteiger partial charge in [-0.05, 0) is 38.0 Å². The molecule has 0 amide bonds. The first-order valence-electron chi connectivity index (χ1n) is 6.38. The lowest BCUT2D eigenvalue weighted by Crippen LogP contribution is -2.30. The van der Waals surface area contributed by atoms with Crippen LogP contribution in [-0.2, 0) is 7.05 Å². The van der Waals surface area contributed by atoms with Crippen molar-refractivity contribution in [2.24, 2.45) is 7.05 Å². The minimum atomic E-state index is 1.08. The fraction of sp³-hybridized carbons (Fsp3) is 0.250. The summed E-state index contributed by atoms with van der Waals surface area (Å²) >= 11 is 1.71. The summed E-state index contributed by atoms with van der Waals surface area (Å²) < 4.78 is 3.46. The van der Waals surface area contributed by atoms with Crippen LogP contribution in [0.3, 0.4) is 0 Å². The number of aromatic nitrogens is 2. The molecule has 3 aromatic rings. The first kappa shape index (κ1) is 12.3. The summed E-state index contributed by atoms with van der Waals surface area (Å²) in [6.07, 6.45) is 2.09. The van der Waals surface area contributed by atoms with Crippen molar-refractivity contribution < 1.29 is 4.57 Å². The van der Waals surface area contributed by atoms with Gasteiger partial charge in [-0.2, -0.15) is 4.57 Å². The van der Waals surface area contributed by atoms with Crippen molar-refractivity contribution >= 4 is 21.6 Å². The predicted molar refractivity (Wildman–Crippen MR) is 80.4 cm³/mol. The van der Waals surface area contributed by atoms with Crippen LogP contribution in [0.15, 0.2) is 29.9 Å². The SMILES string of the molecule is Cc1cc(C)c(C)c(-c2c3scnc3cc[n+]2C)c1. The van der Waals surface area contributed by atoms with Crippen molar-refractivity contribution in [2.75, 3.05) is 0 Å². The molecule has 2 nitrogen and oxygen atoms in total.